The number of hydrogen-bond donors (Lipinski definition) is 1. The second-order valence-corrected chi connectivity index (χ2v) is 6.00. The molecule has 0 spiro atoms. The third kappa shape index (κ3) is 3.38. The molecule has 3 aromatic rings. The van der Waals surface area contributed by atoms with Crippen LogP contribution in [-0.2, 0) is 12.6 Å². The molecule has 2 aromatic carbocycles. The van der Waals surface area contributed by atoms with Crippen molar-refractivity contribution in [1.29, 1.82) is 0 Å². The number of anilines is 1. The van der Waals surface area contributed by atoms with Gasteiger partial charge in [0.15, 0.2) is 0 Å². The summed E-state index contributed by atoms with van der Waals surface area (Å²) in [6.45, 7) is 1.91. The van der Waals surface area contributed by atoms with Crippen molar-refractivity contribution in [3.8, 4) is 0 Å². The Kier molecular flexibility index (Phi) is 4.29. The molecule has 130 valence electrons. The van der Waals surface area contributed by atoms with E-state index in [1.807, 2.05) is 31.2 Å². The van der Waals surface area contributed by atoms with E-state index >= 15 is 0 Å². The molecule has 1 aromatic heterocycles. The van der Waals surface area contributed by atoms with Crippen LogP contribution in [0.25, 0.3) is 10.9 Å². The van der Waals surface area contributed by atoms with Gasteiger partial charge in [-0.15, -0.1) is 0 Å². The van der Waals surface area contributed by atoms with Gasteiger partial charge in [-0.1, -0.05) is 24.3 Å². The van der Waals surface area contributed by atoms with Crippen LogP contribution in [0.5, 0.6) is 0 Å². The van der Waals surface area contributed by atoms with Crippen LogP contribution in [0, 0.1) is 6.92 Å². The Labute approximate surface area is 142 Å². The van der Waals surface area contributed by atoms with Crippen LogP contribution in [0.2, 0.25) is 0 Å². The Morgan fingerprint density at radius 1 is 1.12 bits per heavy atom. The zero-order valence-electron chi connectivity index (χ0n) is 13.6. The second-order valence-electron chi connectivity index (χ2n) is 6.00. The fourth-order valence-corrected chi connectivity index (χ4v) is 2.96. The van der Waals surface area contributed by atoms with Crippen LogP contribution in [0.1, 0.15) is 28.0 Å². The fourth-order valence-electron chi connectivity index (χ4n) is 2.96. The van der Waals surface area contributed by atoms with Gasteiger partial charge in [0.1, 0.15) is 5.69 Å². The van der Waals surface area contributed by atoms with Gasteiger partial charge < -0.3 is 5.73 Å². The molecule has 0 aliphatic carbocycles. The molecule has 0 bridgehead atoms. The predicted octanol–water partition coefficient (Wildman–Crippen LogP) is 4.82. The first kappa shape index (κ1) is 17.1. The summed E-state index contributed by atoms with van der Waals surface area (Å²) < 4.78 is 40.9. The number of fused-ring (bicyclic) bond motifs is 1. The molecule has 6 heteroatoms. The molecule has 0 unspecified atom stereocenters. The number of nitrogen functional groups attached to an aromatic ring is 1. The molecule has 0 amide bonds. The summed E-state index contributed by atoms with van der Waals surface area (Å²) in [5, 5.41) is 0.302. The summed E-state index contributed by atoms with van der Waals surface area (Å²) in [6.07, 6.45) is -4.24. The lowest BCUT2D eigenvalue weighted by atomic mass is 10.0. The zero-order valence-corrected chi connectivity index (χ0v) is 13.6. The maximum atomic E-state index is 13.4. The van der Waals surface area contributed by atoms with Crippen LogP contribution in [0.15, 0.2) is 48.5 Å². The highest BCUT2D eigenvalue weighted by atomic mass is 19.4. The summed E-state index contributed by atoms with van der Waals surface area (Å²) >= 11 is 0. The molecule has 2 N–H and O–H groups in total. The van der Waals surface area contributed by atoms with Gasteiger partial charge in [0.25, 0.3) is 0 Å². The molecular formula is C19H17F3N2O. The highest BCUT2D eigenvalue weighted by Crippen LogP contribution is 2.35. The maximum Gasteiger partial charge on any atom is 0.431 e. The van der Waals surface area contributed by atoms with E-state index in [0.717, 1.165) is 21.8 Å². The Bertz CT molecular complexity index is 941. The number of rotatable bonds is 3. The molecule has 0 radical (unpaired) electrons. The van der Waals surface area contributed by atoms with Crippen LogP contribution >= 0.6 is 0 Å². The third-order valence-corrected chi connectivity index (χ3v) is 4.23. The van der Waals surface area contributed by atoms with Gasteiger partial charge in [0.05, 0.1) is 5.52 Å². The van der Waals surface area contributed by atoms with Gasteiger partial charge in [0.2, 0.25) is 5.91 Å². The molecule has 0 aliphatic rings. The fraction of sp³-hybridized carbons (Fsp3) is 0.211. The SMILES string of the molecule is Cc1ccccc1CCC(=O)n1c(C(F)(F)F)cc2cc(N)ccc21. The first-order chi connectivity index (χ1) is 11.8. The molecule has 1 heterocycles. The van der Waals surface area contributed by atoms with Crippen LogP contribution < -0.4 is 5.73 Å². The number of nitrogens with two attached hydrogens (primary N) is 1. The molecular weight excluding hydrogens is 329 g/mol. The lowest BCUT2D eigenvalue weighted by molar-refractivity contribution is -0.142. The molecule has 3 rings (SSSR count). The number of benzene rings is 2. The molecule has 25 heavy (non-hydrogen) atoms. The topological polar surface area (TPSA) is 48.0 Å². The third-order valence-electron chi connectivity index (χ3n) is 4.23. The average molecular weight is 346 g/mol. The smallest absolute Gasteiger partial charge is 0.399 e. The lowest BCUT2D eigenvalue weighted by Gasteiger charge is -2.12. The van der Waals surface area contributed by atoms with Crippen LogP contribution in [-0.4, -0.2) is 10.5 Å². The van der Waals surface area contributed by atoms with E-state index in [0.29, 0.717) is 17.5 Å². The minimum absolute atomic E-state index is 0.0118. The van der Waals surface area contributed by atoms with Crippen LogP contribution in [0.4, 0.5) is 18.9 Å². The second kappa shape index (κ2) is 6.27. The monoisotopic (exact) mass is 346 g/mol. The van der Waals surface area contributed by atoms with Crippen molar-refractivity contribution in [2.24, 2.45) is 0 Å². The van der Waals surface area contributed by atoms with E-state index in [2.05, 4.69) is 0 Å². The number of alkyl halides is 3. The lowest BCUT2D eigenvalue weighted by Crippen LogP contribution is -2.20. The molecule has 0 saturated heterocycles. The van der Waals surface area contributed by atoms with E-state index in [1.165, 1.54) is 18.2 Å². The molecule has 0 fully saturated rings. The number of aryl methyl sites for hydroxylation is 2. The van der Waals surface area contributed by atoms with Crippen molar-refractivity contribution in [3.05, 3.63) is 65.4 Å². The highest BCUT2D eigenvalue weighted by molar-refractivity contribution is 5.95. The number of carbonyl (C=O) groups excluding carboxylic acids is 1. The number of aromatic nitrogens is 1. The van der Waals surface area contributed by atoms with E-state index in [4.69, 9.17) is 5.73 Å². The van der Waals surface area contributed by atoms with Gasteiger partial charge in [-0.25, -0.2) is 0 Å². The van der Waals surface area contributed by atoms with Gasteiger partial charge in [-0.05, 0) is 48.7 Å². The molecule has 0 atom stereocenters. The number of carbonyl (C=O) groups is 1. The minimum atomic E-state index is -4.62. The van der Waals surface area contributed by atoms with E-state index in [9.17, 15) is 18.0 Å². The van der Waals surface area contributed by atoms with Crippen molar-refractivity contribution in [3.63, 3.8) is 0 Å². The van der Waals surface area contributed by atoms with Gasteiger partial charge in [-0.2, -0.15) is 13.2 Å². The van der Waals surface area contributed by atoms with E-state index in [1.54, 1.807) is 0 Å². The Morgan fingerprint density at radius 2 is 1.84 bits per heavy atom. The summed E-state index contributed by atoms with van der Waals surface area (Å²) in [6, 6.07) is 12.9. The van der Waals surface area contributed by atoms with Crippen molar-refractivity contribution >= 4 is 22.5 Å². The largest absolute Gasteiger partial charge is 0.431 e. The first-order valence-electron chi connectivity index (χ1n) is 7.83. The van der Waals surface area contributed by atoms with Gasteiger partial charge in [0, 0.05) is 17.5 Å². The van der Waals surface area contributed by atoms with Crippen molar-refractivity contribution < 1.29 is 18.0 Å². The van der Waals surface area contributed by atoms with Crippen molar-refractivity contribution in [2.45, 2.75) is 25.9 Å². The number of halogens is 3. The number of hydrogen-bond acceptors (Lipinski definition) is 2. The predicted molar refractivity (Wildman–Crippen MR) is 91.5 cm³/mol. The molecule has 0 aliphatic heterocycles. The average Bonchev–Trinajstić information content (AvgIpc) is 2.92. The Balaban J connectivity index is 1.98. The minimum Gasteiger partial charge on any atom is -0.399 e. The first-order valence-corrected chi connectivity index (χ1v) is 7.83. The Hall–Kier alpha value is -2.76. The van der Waals surface area contributed by atoms with Crippen LogP contribution in [0.3, 0.4) is 0 Å². The summed E-state index contributed by atoms with van der Waals surface area (Å²) in [5.41, 5.74) is 7.21. The summed E-state index contributed by atoms with van der Waals surface area (Å²) in [4.78, 5) is 12.6. The van der Waals surface area contributed by atoms with E-state index < -0.39 is 17.8 Å². The quantitative estimate of drug-likeness (QED) is 0.691. The summed E-state index contributed by atoms with van der Waals surface area (Å²) in [5.74, 6) is -0.588. The maximum absolute atomic E-state index is 13.4. The van der Waals surface area contributed by atoms with Crippen molar-refractivity contribution in [1.82, 2.24) is 4.57 Å². The zero-order chi connectivity index (χ0) is 18.2. The highest BCUT2D eigenvalue weighted by Gasteiger charge is 2.37. The van der Waals surface area contributed by atoms with Gasteiger partial charge in [-0.3, -0.25) is 9.36 Å². The molecule has 3 nitrogen and oxygen atoms in total. The Morgan fingerprint density at radius 3 is 2.52 bits per heavy atom. The van der Waals surface area contributed by atoms with E-state index in [-0.39, 0.29) is 11.9 Å². The normalized spacial score (nSPS) is 11.8. The van der Waals surface area contributed by atoms with Gasteiger partial charge >= 0.3 is 6.18 Å². The van der Waals surface area contributed by atoms with Crippen molar-refractivity contribution in [2.75, 3.05) is 5.73 Å². The standard InChI is InChI=1S/C19H17F3N2O/c1-12-4-2-3-5-13(12)6-9-18(25)24-16-8-7-15(23)10-14(16)11-17(24)19(20,21)22/h2-5,7-8,10-11H,6,9,23H2,1H3. The summed E-state index contributed by atoms with van der Waals surface area (Å²) in [7, 11) is 0. The number of nitrogens with zero attached hydrogens (tertiary/aromatic N) is 1. The molecule has 0 saturated carbocycles.